The second-order valence-corrected chi connectivity index (χ2v) is 9.78. The van der Waals surface area contributed by atoms with E-state index >= 15 is 0 Å². The van der Waals surface area contributed by atoms with E-state index in [4.69, 9.17) is 0 Å². The van der Waals surface area contributed by atoms with E-state index in [-0.39, 0.29) is 17.7 Å². The second-order valence-electron chi connectivity index (χ2n) is 9.78. The number of alkyl halides is 3. The zero-order valence-electron chi connectivity index (χ0n) is 20.8. The average molecular weight is 503 g/mol. The molecule has 1 N–H and O–H groups in total. The first-order valence-corrected chi connectivity index (χ1v) is 12.4. The van der Waals surface area contributed by atoms with Crippen LogP contribution in [0.15, 0.2) is 42.5 Å². The van der Waals surface area contributed by atoms with Crippen LogP contribution < -0.4 is 10.2 Å². The lowest BCUT2D eigenvalue weighted by Crippen LogP contribution is -2.52. The lowest BCUT2D eigenvalue weighted by molar-refractivity contribution is -0.138. The molecule has 2 fully saturated rings. The smallest absolute Gasteiger partial charge is 0.368 e. The fourth-order valence-electron chi connectivity index (χ4n) is 5.01. The molecule has 194 valence electrons. The van der Waals surface area contributed by atoms with Gasteiger partial charge in [0.15, 0.2) is 0 Å². The normalized spacial score (nSPS) is 17.8. The zero-order valence-corrected chi connectivity index (χ0v) is 20.8. The van der Waals surface area contributed by atoms with Crippen molar-refractivity contribution >= 4 is 23.2 Å². The fourth-order valence-corrected chi connectivity index (χ4v) is 5.01. The Bertz CT molecular complexity index is 1090. The number of piperazine rings is 1. The Labute approximate surface area is 210 Å². The maximum Gasteiger partial charge on any atom is 0.416 e. The molecule has 0 spiro atoms. The standard InChI is InChI=1S/C27H33F3N4O2/c1-19-6-7-24(20(2)16-19)31-25(35)18-32-10-8-21(9-11-32)26(36)34-14-12-33(13-15-34)23-5-3-4-22(17-23)27(28,29)30/h3-7,16-17,21H,8-15,18H2,1-2H3,(H,31,35). The van der Waals surface area contributed by atoms with E-state index in [0.29, 0.717) is 64.3 Å². The third-order valence-electron chi connectivity index (χ3n) is 7.09. The third kappa shape index (κ3) is 6.37. The van der Waals surface area contributed by atoms with Crippen molar-refractivity contribution in [3.05, 3.63) is 59.2 Å². The highest BCUT2D eigenvalue weighted by atomic mass is 19.4. The molecule has 2 aliphatic rings. The molecule has 36 heavy (non-hydrogen) atoms. The topological polar surface area (TPSA) is 55.9 Å². The molecular weight excluding hydrogens is 469 g/mol. The van der Waals surface area contributed by atoms with E-state index in [2.05, 4.69) is 10.2 Å². The number of anilines is 2. The summed E-state index contributed by atoms with van der Waals surface area (Å²) in [5.74, 6) is -0.0284. The van der Waals surface area contributed by atoms with Gasteiger partial charge in [0.2, 0.25) is 11.8 Å². The Kier molecular flexibility index (Phi) is 7.88. The number of benzene rings is 2. The summed E-state index contributed by atoms with van der Waals surface area (Å²) < 4.78 is 39.1. The van der Waals surface area contributed by atoms with Gasteiger partial charge >= 0.3 is 6.18 Å². The molecular formula is C27H33F3N4O2. The van der Waals surface area contributed by atoms with E-state index in [1.165, 1.54) is 12.1 Å². The monoisotopic (exact) mass is 502 g/mol. The second kappa shape index (κ2) is 10.9. The van der Waals surface area contributed by atoms with Crippen LogP contribution in [0.1, 0.15) is 29.5 Å². The number of carbonyl (C=O) groups excluding carboxylic acids is 2. The van der Waals surface area contributed by atoms with Crippen molar-refractivity contribution in [1.29, 1.82) is 0 Å². The highest BCUT2D eigenvalue weighted by Gasteiger charge is 2.33. The minimum Gasteiger partial charge on any atom is -0.368 e. The lowest BCUT2D eigenvalue weighted by Gasteiger charge is -2.39. The summed E-state index contributed by atoms with van der Waals surface area (Å²) >= 11 is 0. The van der Waals surface area contributed by atoms with Gasteiger partial charge < -0.3 is 15.1 Å². The highest BCUT2D eigenvalue weighted by molar-refractivity contribution is 5.93. The molecule has 2 amide bonds. The van der Waals surface area contributed by atoms with E-state index in [0.717, 1.165) is 22.9 Å². The van der Waals surface area contributed by atoms with Crippen LogP contribution in [0.25, 0.3) is 0 Å². The molecule has 0 bridgehead atoms. The largest absolute Gasteiger partial charge is 0.416 e. The predicted octanol–water partition coefficient (Wildman–Crippen LogP) is 4.32. The van der Waals surface area contributed by atoms with Crippen LogP contribution in [0.5, 0.6) is 0 Å². The van der Waals surface area contributed by atoms with Crippen LogP contribution in [0.3, 0.4) is 0 Å². The summed E-state index contributed by atoms with van der Waals surface area (Å²) in [6.45, 7) is 7.64. The molecule has 6 nitrogen and oxygen atoms in total. The Hall–Kier alpha value is -3.07. The number of amides is 2. The Balaban J connectivity index is 1.22. The summed E-state index contributed by atoms with van der Waals surface area (Å²) in [6.07, 6.45) is -2.98. The molecule has 0 atom stereocenters. The molecule has 9 heteroatoms. The number of aryl methyl sites for hydroxylation is 2. The van der Waals surface area contributed by atoms with E-state index < -0.39 is 11.7 Å². The number of carbonyl (C=O) groups is 2. The predicted molar refractivity (Wildman–Crippen MR) is 134 cm³/mol. The van der Waals surface area contributed by atoms with Gasteiger partial charge in [0.05, 0.1) is 12.1 Å². The fraction of sp³-hybridized carbons (Fsp3) is 0.481. The third-order valence-corrected chi connectivity index (χ3v) is 7.09. The van der Waals surface area contributed by atoms with E-state index in [1.807, 2.05) is 41.8 Å². The van der Waals surface area contributed by atoms with Crippen LogP contribution in [-0.2, 0) is 15.8 Å². The van der Waals surface area contributed by atoms with Crippen LogP contribution in [0.2, 0.25) is 0 Å². The molecule has 2 heterocycles. The summed E-state index contributed by atoms with van der Waals surface area (Å²) in [5.41, 5.74) is 2.87. The molecule has 2 aliphatic heterocycles. The summed E-state index contributed by atoms with van der Waals surface area (Å²) in [7, 11) is 0. The van der Waals surface area contributed by atoms with Crippen molar-refractivity contribution in [2.24, 2.45) is 5.92 Å². The van der Waals surface area contributed by atoms with Gasteiger partial charge in [-0.2, -0.15) is 13.2 Å². The summed E-state index contributed by atoms with van der Waals surface area (Å²) in [6, 6.07) is 11.3. The Morgan fingerprint density at radius 2 is 1.64 bits per heavy atom. The van der Waals surface area contributed by atoms with Crippen LogP contribution >= 0.6 is 0 Å². The van der Waals surface area contributed by atoms with Gasteiger partial charge in [0.1, 0.15) is 0 Å². The number of nitrogens with one attached hydrogen (secondary N) is 1. The lowest BCUT2D eigenvalue weighted by atomic mass is 9.95. The van der Waals surface area contributed by atoms with Gasteiger partial charge in [-0.25, -0.2) is 0 Å². The van der Waals surface area contributed by atoms with Crippen molar-refractivity contribution in [2.75, 3.05) is 56.0 Å². The van der Waals surface area contributed by atoms with Gasteiger partial charge in [0, 0.05) is 43.5 Å². The van der Waals surface area contributed by atoms with Crippen molar-refractivity contribution in [1.82, 2.24) is 9.80 Å². The molecule has 2 aromatic rings. The quantitative estimate of drug-likeness (QED) is 0.662. The van der Waals surface area contributed by atoms with Gasteiger partial charge in [-0.15, -0.1) is 0 Å². The number of likely N-dealkylation sites (tertiary alicyclic amines) is 1. The molecule has 2 saturated heterocycles. The van der Waals surface area contributed by atoms with Crippen molar-refractivity contribution in [3.8, 4) is 0 Å². The number of hydrogen-bond acceptors (Lipinski definition) is 4. The first-order chi connectivity index (χ1) is 17.1. The molecule has 0 saturated carbocycles. The van der Waals surface area contributed by atoms with Gasteiger partial charge in [-0.1, -0.05) is 23.8 Å². The van der Waals surface area contributed by atoms with Crippen LogP contribution in [0, 0.1) is 19.8 Å². The van der Waals surface area contributed by atoms with Gasteiger partial charge in [-0.3, -0.25) is 14.5 Å². The first-order valence-electron chi connectivity index (χ1n) is 12.4. The van der Waals surface area contributed by atoms with Gasteiger partial charge in [-0.05, 0) is 69.6 Å². The summed E-state index contributed by atoms with van der Waals surface area (Å²) in [4.78, 5) is 31.4. The molecule has 4 rings (SSSR count). The molecule has 0 radical (unpaired) electrons. The van der Waals surface area contributed by atoms with Crippen LogP contribution in [-0.4, -0.2) is 67.4 Å². The average Bonchev–Trinajstić information content (AvgIpc) is 2.85. The Morgan fingerprint density at radius 1 is 0.944 bits per heavy atom. The Morgan fingerprint density at radius 3 is 2.28 bits per heavy atom. The molecule has 2 aromatic carbocycles. The summed E-state index contributed by atoms with van der Waals surface area (Å²) in [5, 5.41) is 2.98. The number of nitrogens with zero attached hydrogens (tertiary/aromatic N) is 3. The highest BCUT2D eigenvalue weighted by Crippen LogP contribution is 2.32. The minimum atomic E-state index is -4.37. The maximum absolute atomic E-state index is 13.1. The van der Waals surface area contributed by atoms with Crippen molar-refractivity contribution < 1.29 is 22.8 Å². The van der Waals surface area contributed by atoms with Crippen LogP contribution in [0.4, 0.5) is 24.5 Å². The molecule has 0 unspecified atom stereocenters. The molecule has 0 aromatic heterocycles. The van der Waals surface area contributed by atoms with Crippen molar-refractivity contribution in [3.63, 3.8) is 0 Å². The van der Waals surface area contributed by atoms with Gasteiger partial charge in [0.25, 0.3) is 0 Å². The number of piperidine rings is 1. The van der Waals surface area contributed by atoms with Crippen molar-refractivity contribution in [2.45, 2.75) is 32.9 Å². The van der Waals surface area contributed by atoms with E-state index in [9.17, 15) is 22.8 Å². The SMILES string of the molecule is Cc1ccc(NC(=O)CN2CCC(C(=O)N3CCN(c4cccc(C(F)(F)F)c4)CC3)CC2)c(C)c1. The van der Waals surface area contributed by atoms with E-state index in [1.54, 1.807) is 6.07 Å². The first kappa shape index (κ1) is 26.0. The number of hydrogen-bond donors (Lipinski definition) is 1. The maximum atomic E-state index is 13.1. The number of rotatable bonds is 5. The number of halogens is 3. The zero-order chi connectivity index (χ0) is 25.9. The molecule has 0 aliphatic carbocycles. The minimum absolute atomic E-state index is 0.0579.